The molecule has 0 saturated carbocycles. The molecule has 1 aliphatic heterocycles. The Morgan fingerprint density at radius 3 is 2.67 bits per heavy atom. The topological polar surface area (TPSA) is 73.9 Å². The fraction of sp³-hybridized carbons (Fsp3) is 0.263. The number of rotatable bonds is 6. The molecule has 1 aliphatic rings. The third-order valence-corrected chi connectivity index (χ3v) is 4.71. The van der Waals surface area contributed by atoms with Crippen LogP contribution < -0.4 is 14.8 Å². The van der Waals surface area contributed by atoms with Gasteiger partial charge in [0, 0.05) is 0 Å². The molecule has 1 atom stereocenters. The van der Waals surface area contributed by atoms with Crippen molar-refractivity contribution in [3.63, 3.8) is 0 Å². The summed E-state index contributed by atoms with van der Waals surface area (Å²) in [7, 11) is 0. The highest BCUT2D eigenvalue weighted by atomic mass is 35.5. The number of fused-ring (bicyclic) bond motifs is 1. The molecule has 27 heavy (non-hydrogen) atoms. The van der Waals surface area contributed by atoms with Gasteiger partial charge in [0.05, 0.1) is 22.5 Å². The van der Waals surface area contributed by atoms with Crippen LogP contribution in [0.15, 0.2) is 36.4 Å². The molecule has 2 aromatic carbocycles. The predicted octanol–water partition coefficient (Wildman–Crippen LogP) is 3.69. The van der Waals surface area contributed by atoms with E-state index in [0.29, 0.717) is 27.1 Å². The van der Waals surface area contributed by atoms with Crippen molar-refractivity contribution in [2.75, 3.05) is 13.4 Å². The highest BCUT2D eigenvalue weighted by Crippen LogP contribution is 2.34. The van der Waals surface area contributed by atoms with E-state index in [9.17, 15) is 9.59 Å². The number of hydrogen-bond acceptors (Lipinski definition) is 5. The molecule has 1 heterocycles. The van der Waals surface area contributed by atoms with E-state index in [4.69, 9.17) is 37.4 Å². The fourth-order valence-electron chi connectivity index (χ4n) is 2.56. The maximum Gasteiger partial charge on any atom is 0.310 e. The van der Waals surface area contributed by atoms with Crippen LogP contribution in [0.4, 0.5) is 0 Å². The van der Waals surface area contributed by atoms with Crippen molar-refractivity contribution in [3.05, 3.63) is 57.6 Å². The molecule has 2 aromatic rings. The highest BCUT2D eigenvalue weighted by molar-refractivity contribution is 6.42. The third kappa shape index (κ3) is 5.05. The summed E-state index contributed by atoms with van der Waals surface area (Å²) >= 11 is 11.7. The van der Waals surface area contributed by atoms with Crippen LogP contribution in [0.2, 0.25) is 10.0 Å². The summed E-state index contributed by atoms with van der Waals surface area (Å²) in [6.45, 7) is 1.65. The molecule has 0 aromatic heterocycles. The van der Waals surface area contributed by atoms with Crippen LogP contribution in [0.25, 0.3) is 0 Å². The molecular formula is C19H17Cl2NO5. The highest BCUT2D eigenvalue weighted by Gasteiger charge is 2.17. The lowest BCUT2D eigenvalue weighted by atomic mass is 10.1. The Hall–Kier alpha value is -2.44. The first kappa shape index (κ1) is 19.3. The zero-order chi connectivity index (χ0) is 19.4. The van der Waals surface area contributed by atoms with Crippen molar-refractivity contribution in [1.29, 1.82) is 0 Å². The molecule has 6 nitrogen and oxygen atoms in total. The summed E-state index contributed by atoms with van der Waals surface area (Å²) in [6, 6.07) is 10.0. The minimum atomic E-state index is -0.528. The summed E-state index contributed by atoms with van der Waals surface area (Å²) < 4.78 is 15.6. The van der Waals surface area contributed by atoms with E-state index in [-0.39, 0.29) is 25.9 Å². The molecule has 0 saturated heterocycles. The quantitative estimate of drug-likeness (QED) is 0.736. The van der Waals surface area contributed by atoms with Gasteiger partial charge in [-0.15, -0.1) is 0 Å². The molecule has 0 spiro atoms. The second-order valence-corrected chi connectivity index (χ2v) is 6.80. The van der Waals surface area contributed by atoms with E-state index < -0.39 is 11.9 Å². The summed E-state index contributed by atoms with van der Waals surface area (Å²) in [6.07, 6.45) is 0.00187. The largest absolute Gasteiger partial charge is 0.455 e. The zero-order valence-corrected chi connectivity index (χ0v) is 16.0. The first-order chi connectivity index (χ1) is 12.9. The van der Waals surface area contributed by atoms with Gasteiger partial charge < -0.3 is 19.5 Å². The maximum atomic E-state index is 12.0. The van der Waals surface area contributed by atoms with Gasteiger partial charge in [-0.25, -0.2) is 0 Å². The van der Waals surface area contributed by atoms with Crippen LogP contribution in [0.1, 0.15) is 24.1 Å². The Labute approximate surface area is 166 Å². The normalized spacial score (nSPS) is 13.1. The molecule has 0 aliphatic carbocycles. The average Bonchev–Trinajstić information content (AvgIpc) is 3.11. The summed E-state index contributed by atoms with van der Waals surface area (Å²) in [5.41, 5.74) is 1.51. The smallest absolute Gasteiger partial charge is 0.310 e. The molecule has 0 radical (unpaired) electrons. The second-order valence-electron chi connectivity index (χ2n) is 5.99. The van der Waals surface area contributed by atoms with Gasteiger partial charge in [0.25, 0.3) is 5.91 Å². The van der Waals surface area contributed by atoms with Gasteiger partial charge in [-0.05, 0) is 42.3 Å². The van der Waals surface area contributed by atoms with E-state index in [1.807, 2.05) is 19.1 Å². The lowest BCUT2D eigenvalue weighted by molar-refractivity contribution is -0.148. The molecule has 0 fully saturated rings. The van der Waals surface area contributed by atoms with Gasteiger partial charge in [0.2, 0.25) is 6.79 Å². The van der Waals surface area contributed by atoms with E-state index in [1.165, 1.54) is 0 Å². The van der Waals surface area contributed by atoms with Crippen LogP contribution in [0.3, 0.4) is 0 Å². The molecule has 0 unspecified atom stereocenters. The van der Waals surface area contributed by atoms with Crippen LogP contribution >= 0.6 is 23.2 Å². The van der Waals surface area contributed by atoms with E-state index in [1.54, 1.807) is 24.3 Å². The number of carbonyl (C=O) groups is 2. The van der Waals surface area contributed by atoms with Crippen LogP contribution in [-0.4, -0.2) is 25.3 Å². The van der Waals surface area contributed by atoms with Crippen LogP contribution in [0, 0.1) is 0 Å². The molecule has 1 N–H and O–H groups in total. The van der Waals surface area contributed by atoms with Gasteiger partial charge >= 0.3 is 5.97 Å². The average molecular weight is 410 g/mol. The Morgan fingerprint density at radius 2 is 1.89 bits per heavy atom. The van der Waals surface area contributed by atoms with Crippen molar-refractivity contribution in [2.45, 2.75) is 19.4 Å². The van der Waals surface area contributed by atoms with Crippen molar-refractivity contribution in [1.82, 2.24) is 5.32 Å². The Balaban J connectivity index is 1.47. The van der Waals surface area contributed by atoms with Gasteiger partial charge in [0.1, 0.15) is 0 Å². The molecule has 1 amide bonds. The van der Waals surface area contributed by atoms with Gasteiger partial charge in [0.15, 0.2) is 18.1 Å². The lowest BCUT2D eigenvalue weighted by Crippen LogP contribution is -2.31. The minimum Gasteiger partial charge on any atom is -0.455 e. The van der Waals surface area contributed by atoms with Crippen LogP contribution in [-0.2, 0) is 20.7 Å². The second kappa shape index (κ2) is 8.50. The summed E-state index contributed by atoms with van der Waals surface area (Å²) in [5.74, 6) is 0.386. The molecule has 8 heteroatoms. The van der Waals surface area contributed by atoms with Gasteiger partial charge in [-0.1, -0.05) is 35.3 Å². The first-order valence-electron chi connectivity index (χ1n) is 8.21. The Bertz CT molecular complexity index is 871. The molecule has 0 bridgehead atoms. The maximum absolute atomic E-state index is 12.0. The molecule has 3 rings (SSSR count). The van der Waals surface area contributed by atoms with Gasteiger partial charge in [-0.3, -0.25) is 9.59 Å². The monoisotopic (exact) mass is 409 g/mol. The summed E-state index contributed by atoms with van der Waals surface area (Å²) in [4.78, 5) is 23.9. The number of benzene rings is 2. The zero-order valence-electron chi connectivity index (χ0n) is 14.5. The number of carbonyl (C=O) groups excluding carboxylic acids is 2. The van der Waals surface area contributed by atoms with Crippen molar-refractivity contribution in [3.8, 4) is 11.5 Å². The first-order valence-corrected chi connectivity index (χ1v) is 8.96. The Kier molecular flexibility index (Phi) is 6.08. The fourth-order valence-corrected chi connectivity index (χ4v) is 2.88. The van der Waals surface area contributed by atoms with Gasteiger partial charge in [-0.2, -0.15) is 0 Å². The number of ether oxygens (including phenoxy) is 3. The van der Waals surface area contributed by atoms with Crippen molar-refractivity contribution in [2.24, 2.45) is 0 Å². The summed E-state index contributed by atoms with van der Waals surface area (Å²) in [5, 5.41) is 3.54. The molecular weight excluding hydrogens is 393 g/mol. The van der Waals surface area contributed by atoms with E-state index >= 15 is 0 Å². The van der Waals surface area contributed by atoms with Crippen LogP contribution in [0.5, 0.6) is 11.5 Å². The van der Waals surface area contributed by atoms with E-state index in [0.717, 1.165) is 5.56 Å². The SMILES string of the molecule is C[C@@H](NC(=O)COC(=O)Cc1ccc(Cl)c(Cl)c1)c1ccc2c(c1)OCO2. The predicted molar refractivity (Wildman–Crippen MR) is 100 cm³/mol. The molecule has 142 valence electrons. The Morgan fingerprint density at radius 1 is 1.11 bits per heavy atom. The third-order valence-electron chi connectivity index (χ3n) is 3.97. The number of halogens is 2. The minimum absolute atomic E-state index is 0.00187. The number of hydrogen-bond donors (Lipinski definition) is 1. The van der Waals surface area contributed by atoms with Crippen molar-refractivity contribution >= 4 is 35.1 Å². The lowest BCUT2D eigenvalue weighted by Gasteiger charge is -2.15. The van der Waals surface area contributed by atoms with E-state index in [2.05, 4.69) is 5.32 Å². The number of amides is 1. The number of nitrogens with one attached hydrogen (secondary N) is 1. The van der Waals surface area contributed by atoms with Crippen molar-refractivity contribution < 1.29 is 23.8 Å². The standard InChI is InChI=1S/C19H17Cl2NO5/c1-11(13-3-5-16-17(8-13)27-10-26-16)22-18(23)9-25-19(24)7-12-2-4-14(20)15(21)6-12/h2-6,8,11H,7,9-10H2,1H3,(H,22,23)/t11-/m1/s1. The number of esters is 1.